The molecule has 2 aromatic rings. The molecule has 1 aliphatic rings. The van der Waals surface area contributed by atoms with Gasteiger partial charge in [0, 0.05) is 17.4 Å². The van der Waals surface area contributed by atoms with Gasteiger partial charge in [-0.1, -0.05) is 12.8 Å². The second-order valence-corrected chi connectivity index (χ2v) is 10.1. The number of pyridine rings is 1. The van der Waals surface area contributed by atoms with Crippen molar-refractivity contribution in [1.82, 2.24) is 14.5 Å². The van der Waals surface area contributed by atoms with Crippen LogP contribution in [0.5, 0.6) is 0 Å². The first-order valence-corrected chi connectivity index (χ1v) is 11.1. The van der Waals surface area contributed by atoms with Crippen LogP contribution in [0, 0.1) is 6.92 Å². The van der Waals surface area contributed by atoms with E-state index < -0.39 is 7.12 Å². The zero-order valence-electron chi connectivity index (χ0n) is 17.2. The van der Waals surface area contributed by atoms with Crippen LogP contribution in [-0.4, -0.2) is 56.8 Å². The summed E-state index contributed by atoms with van der Waals surface area (Å²) in [4.78, 5) is 9.27. The Kier molecular flexibility index (Phi) is 5.82. The first kappa shape index (κ1) is 20.5. The molecular weight excluding hydrogens is 361 g/mol. The van der Waals surface area contributed by atoms with Gasteiger partial charge in [0.2, 0.25) is 0 Å². The van der Waals surface area contributed by atoms with Crippen molar-refractivity contribution < 1.29 is 14.0 Å². The van der Waals surface area contributed by atoms with Crippen molar-refractivity contribution in [3.8, 4) is 0 Å². The van der Waals surface area contributed by atoms with E-state index in [0.717, 1.165) is 34.0 Å². The van der Waals surface area contributed by atoms with E-state index in [1.54, 1.807) is 0 Å². The average Bonchev–Trinajstić information content (AvgIpc) is 3.02. The minimum atomic E-state index is -0.433. The average molecular weight is 391 g/mol. The van der Waals surface area contributed by atoms with Gasteiger partial charge in [-0.2, -0.15) is 10.5 Å². The van der Waals surface area contributed by atoms with Crippen LogP contribution in [0.15, 0.2) is 12.3 Å². The highest BCUT2D eigenvalue weighted by Crippen LogP contribution is 2.36. The van der Waals surface area contributed by atoms with Gasteiger partial charge in [0.15, 0.2) is 5.65 Å². The van der Waals surface area contributed by atoms with Gasteiger partial charge >= 0.3 is 7.12 Å². The van der Waals surface area contributed by atoms with Crippen molar-refractivity contribution in [1.29, 1.82) is 0 Å². The summed E-state index contributed by atoms with van der Waals surface area (Å²) >= 11 is 0. The van der Waals surface area contributed by atoms with Crippen LogP contribution in [0.2, 0.25) is 0 Å². The smallest absolute Gasteiger partial charge is 0.399 e. The summed E-state index contributed by atoms with van der Waals surface area (Å²) in [5.41, 5.74) is 1.78. The monoisotopic (exact) mass is 391 g/mol. The van der Waals surface area contributed by atoms with E-state index in [1.807, 2.05) is 51.4 Å². The third-order valence-electron chi connectivity index (χ3n) is 5.47. The highest BCUT2D eigenvalue weighted by Gasteiger charge is 2.51. The van der Waals surface area contributed by atoms with Gasteiger partial charge in [0.1, 0.15) is 18.1 Å². The Labute approximate surface area is 164 Å². The van der Waals surface area contributed by atoms with Crippen LogP contribution < -0.4 is 5.46 Å². The second-order valence-electron chi connectivity index (χ2n) is 7.93. The molecular formula is C19H30BN3O3S. The predicted octanol–water partition coefficient (Wildman–Crippen LogP) is 2.73. The Balaban J connectivity index is 1.75. The van der Waals surface area contributed by atoms with Crippen LogP contribution in [0.1, 0.15) is 40.4 Å². The van der Waals surface area contributed by atoms with Gasteiger partial charge in [-0.05, 0) is 46.4 Å². The molecule has 0 aromatic carbocycles. The summed E-state index contributed by atoms with van der Waals surface area (Å²) in [5.74, 6) is 7.09. The minimum Gasteiger partial charge on any atom is -0.399 e. The van der Waals surface area contributed by atoms with E-state index in [1.165, 1.54) is 0 Å². The van der Waals surface area contributed by atoms with Crippen LogP contribution in [0.25, 0.3) is 11.2 Å². The SMILES string of the molecule is C=S(CC)CCOCn1c(C)nc2cc(B3OC(C)(C)C(C)(C)O3)cnc21. The Morgan fingerprint density at radius 2 is 1.93 bits per heavy atom. The number of ether oxygens (including phenoxy) is 1. The predicted molar refractivity (Wildman–Crippen MR) is 114 cm³/mol. The van der Waals surface area contributed by atoms with Gasteiger partial charge in [0.25, 0.3) is 0 Å². The van der Waals surface area contributed by atoms with Crippen molar-refractivity contribution >= 4 is 40.1 Å². The van der Waals surface area contributed by atoms with E-state index >= 15 is 0 Å². The number of hydrogen-bond acceptors (Lipinski definition) is 5. The first-order chi connectivity index (χ1) is 12.6. The lowest BCUT2D eigenvalue weighted by Gasteiger charge is -2.32. The summed E-state index contributed by atoms with van der Waals surface area (Å²) in [6.45, 7) is 13.5. The number of aryl methyl sites for hydroxylation is 1. The Hall–Kier alpha value is -1.22. The van der Waals surface area contributed by atoms with Gasteiger partial charge < -0.3 is 14.0 Å². The molecule has 1 aliphatic heterocycles. The molecule has 0 aliphatic carbocycles. The molecule has 2 aromatic heterocycles. The molecule has 27 heavy (non-hydrogen) atoms. The molecule has 0 amide bonds. The minimum absolute atomic E-state index is 0.181. The third kappa shape index (κ3) is 4.13. The normalized spacial score (nSPS) is 19.7. The van der Waals surface area contributed by atoms with Crippen LogP contribution in [0.4, 0.5) is 0 Å². The summed E-state index contributed by atoms with van der Waals surface area (Å²) in [6, 6.07) is 2.00. The lowest BCUT2D eigenvalue weighted by Crippen LogP contribution is -2.41. The number of aromatic nitrogens is 3. The molecule has 0 saturated carbocycles. The Bertz CT molecular complexity index is 834. The Morgan fingerprint density at radius 3 is 2.56 bits per heavy atom. The summed E-state index contributed by atoms with van der Waals surface area (Å²) < 4.78 is 20.1. The fourth-order valence-corrected chi connectivity index (χ4v) is 3.52. The number of rotatable bonds is 7. The van der Waals surface area contributed by atoms with Crippen LogP contribution in [-0.2, 0) is 20.8 Å². The van der Waals surface area contributed by atoms with Crippen molar-refractivity contribution in [2.24, 2.45) is 0 Å². The molecule has 6 nitrogen and oxygen atoms in total. The molecule has 1 atom stereocenters. The molecule has 0 radical (unpaired) electrons. The lowest BCUT2D eigenvalue weighted by molar-refractivity contribution is 0.00578. The highest BCUT2D eigenvalue weighted by atomic mass is 32.2. The van der Waals surface area contributed by atoms with E-state index in [0.29, 0.717) is 13.3 Å². The fourth-order valence-electron chi connectivity index (χ4n) is 2.88. The van der Waals surface area contributed by atoms with Crippen molar-refractivity contribution in [3.05, 3.63) is 18.1 Å². The zero-order valence-corrected chi connectivity index (χ0v) is 18.1. The number of hydrogen-bond donors (Lipinski definition) is 0. The molecule has 0 bridgehead atoms. The van der Waals surface area contributed by atoms with Crippen molar-refractivity contribution in [2.75, 3.05) is 18.1 Å². The van der Waals surface area contributed by atoms with Gasteiger partial charge in [0.05, 0.1) is 17.8 Å². The largest absolute Gasteiger partial charge is 0.496 e. The molecule has 148 valence electrons. The van der Waals surface area contributed by atoms with E-state index in [9.17, 15) is 0 Å². The summed E-state index contributed by atoms with van der Waals surface area (Å²) in [7, 11) is -0.251. The van der Waals surface area contributed by atoms with E-state index in [-0.39, 0.29) is 21.7 Å². The third-order valence-corrected chi connectivity index (χ3v) is 7.03. The molecule has 1 saturated heterocycles. The fraction of sp³-hybridized carbons (Fsp3) is 0.632. The molecule has 3 rings (SSSR count). The van der Waals surface area contributed by atoms with E-state index in [2.05, 4.69) is 22.8 Å². The van der Waals surface area contributed by atoms with E-state index in [4.69, 9.17) is 14.0 Å². The van der Waals surface area contributed by atoms with Gasteiger partial charge in [-0.25, -0.2) is 9.97 Å². The number of imidazole rings is 1. The van der Waals surface area contributed by atoms with Gasteiger partial charge in [-0.3, -0.25) is 4.57 Å². The summed E-state index contributed by atoms with van der Waals surface area (Å²) in [6.07, 6.45) is 1.81. The Morgan fingerprint density at radius 1 is 1.26 bits per heavy atom. The lowest BCUT2D eigenvalue weighted by atomic mass is 9.80. The molecule has 0 N–H and O–H groups in total. The topological polar surface area (TPSA) is 58.4 Å². The number of nitrogens with zero attached hydrogens (tertiary/aromatic N) is 3. The second kappa shape index (κ2) is 7.66. The highest BCUT2D eigenvalue weighted by molar-refractivity contribution is 8.14. The maximum Gasteiger partial charge on any atom is 0.496 e. The van der Waals surface area contributed by atoms with Crippen molar-refractivity contribution in [3.63, 3.8) is 0 Å². The quantitative estimate of drug-likeness (QED) is 0.413. The molecule has 1 unspecified atom stereocenters. The van der Waals surface area contributed by atoms with Gasteiger partial charge in [-0.15, -0.1) is 0 Å². The molecule has 8 heteroatoms. The molecule has 1 fully saturated rings. The van der Waals surface area contributed by atoms with Crippen LogP contribution in [0.3, 0.4) is 0 Å². The first-order valence-electron chi connectivity index (χ1n) is 9.38. The molecule has 0 spiro atoms. The number of fused-ring (bicyclic) bond motifs is 1. The standard InChI is InChI=1S/C19H30BN3O3S/c1-8-27(7)10-9-24-13-23-14(2)22-16-11-15(12-21-17(16)23)20-25-18(3,4)19(5,6)26-20/h11-12H,7-10,13H2,1-6H3. The maximum atomic E-state index is 6.12. The maximum absolute atomic E-state index is 6.12. The zero-order chi connectivity index (χ0) is 19.8. The van der Waals surface area contributed by atoms with Crippen molar-refractivity contribution in [2.45, 2.75) is 59.5 Å². The summed E-state index contributed by atoms with van der Waals surface area (Å²) in [5, 5.41) is 0. The molecule has 3 heterocycles. The van der Waals surface area contributed by atoms with Crippen LogP contribution >= 0.6 is 10.5 Å².